The van der Waals surface area contributed by atoms with Crippen LogP contribution in [0, 0.1) is 0 Å². The molecule has 98 valence electrons. The van der Waals surface area contributed by atoms with Crippen LogP contribution in [0.15, 0.2) is 24.3 Å². The highest BCUT2D eigenvalue weighted by Gasteiger charge is 2.32. The van der Waals surface area contributed by atoms with Crippen molar-refractivity contribution in [2.75, 3.05) is 19.0 Å². The van der Waals surface area contributed by atoms with Gasteiger partial charge in [0.15, 0.2) is 0 Å². The summed E-state index contributed by atoms with van der Waals surface area (Å²) in [6, 6.07) is 7.83. The number of nitrogens with one attached hydrogen (secondary N) is 1. The van der Waals surface area contributed by atoms with Crippen LogP contribution >= 0.6 is 0 Å². The quantitative estimate of drug-likeness (QED) is 0.887. The lowest BCUT2D eigenvalue weighted by molar-refractivity contribution is -0.129. The molecule has 4 heteroatoms. The number of methoxy groups -OCH3 is 1. The number of ether oxygens (including phenoxy) is 1. The van der Waals surface area contributed by atoms with Crippen LogP contribution in [0.25, 0.3) is 0 Å². The SMILES string of the molecule is COc1cccc(NC2CCN(C(C)C)C2=O)c1. The molecule has 0 aromatic heterocycles. The Hall–Kier alpha value is -1.71. The first-order chi connectivity index (χ1) is 8.61. The molecule has 4 nitrogen and oxygen atoms in total. The van der Waals surface area contributed by atoms with Gasteiger partial charge in [0.25, 0.3) is 0 Å². The first kappa shape index (κ1) is 12.7. The Morgan fingerprint density at radius 1 is 1.44 bits per heavy atom. The molecule has 0 saturated carbocycles. The number of anilines is 1. The molecule has 1 fully saturated rings. The van der Waals surface area contributed by atoms with Crippen LogP contribution in [-0.2, 0) is 4.79 Å². The van der Waals surface area contributed by atoms with E-state index in [1.807, 2.05) is 43.0 Å². The minimum atomic E-state index is -0.112. The van der Waals surface area contributed by atoms with Gasteiger partial charge in [-0.1, -0.05) is 6.07 Å². The lowest BCUT2D eigenvalue weighted by atomic mass is 10.2. The van der Waals surface area contributed by atoms with Crippen LogP contribution < -0.4 is 10.1 Å². The number of carbonyl (C=O) groups is 1. The molecule has 1 unspecified atom stereocenters. The number of nitrogens with zero attached hydrogens (tertiary/aromatic N) is 1. The van der Waals surface area contributed by atoms with Gasteiger partial charge in [-0.25, -0.2) is 0 Å². The van der Waals surface area contributed by atoms with Gasteiger partial charge in [-0.05, 0) is 32.4 Å². The number of likely N-dealkylation sites (tertiary alicyclic amines) is 1. The Morgan fingerprint density at radius 3 is 2.83 bits per heavy atom. The summed E-state index contributed by atoms with van der Waals surface area (Å²) in [7, 11) is 1.64. The van der Waals surface area contributed by atoms with Crippen molar-refractivity contribution in [3.8, 4) is 5.75 Å². The fraction of sp³-hybridized carbons (Fsp3) is 0.500. The Balaban J connectivity index is 2.04. The van der Waals surface area contributed by atoms with Crippen molar-refractivity contribution in [2.45, 2.75) is 32.4 Å². The second-order valence-corrected chi connectivity index (χ2v) is 4.84. The average Bonchev–Trinajstić information content (AvgIpc) is 2.71. The van der Waals surface area contributed by atoms with E-state index in [0.29, 0.717) is 0 Å². The molecule has 1 saturated heterocycles. The second-order valence-electron chi connectivity index (χ2n) is 4.84. The molecule has 1 aromatic carbocycles. The molecule has 0 bridgehead atoms. The van der Waals surface area contributed by atoms with Gasteiger partial charge in [0, 0.05) is 24.3 Å². The first-order valence-corrected chi connectivity index (χ1v) is 6.33. The molecule has 0 radical (unpaired) electrons. The van der Waals surface area contributed by atoms with E-state index in [4.69, 9.17) is 4.74 Å². The molecule has 18 heavy (non-hydrogen) atoms. The zero-order valence-corrected chi connectivity index (χ0v) is 11.1. The topological polar surface area (TPSA) is 41.6 Å². The van der Waals surface area contributed by atoms with Gasteiger partial charge < -0.3 is 15.0 Å². The predicted octanol–water partition coefficient (Wildman–Crippen LogP) is 2.12. The molecule has 1 heterocycles. The maximum absolute atomic E-state index is 12.1. The number of hydrogen-bond donors (Lipinski definition) is 1. The highest BCUT2D eigenvalue weighted by molar-refractivity contribution is 5.87. The van der Waals surface area contributed by atoms with E-state index >= 15 is 0 Å². The van der Waals surface area contributed by atoms with Crippen LogP contribution in [-0.4, -0.2) is 36.5 Å². The van der Waals surface area contributed by atoms with Crippen LogP contribution in [0.4, 0.5) is 5.69 Å². The zero-order valence-electron chi connectivity index (χ0n) is 11.1. The normalized spacial score (nSPS) is 19.4. The van der Waals surface area contributed by atoms with E-state index in [1.165, 1.54) is 0 Å². The molecular weight excluding hydrogens is 228 g/mol. The second kappa shape index (κ2) is 5.29. The summed E-state index contributed by atoms with van der Waals surface area (Å²) in [5.41, 5.74) is 0.929. The Kier molecular flexibility index (Phi) is 3.75. The van der Waals surface area contributed by atoms with Crippen molar-refractivity contribution >= 4 is 11.6 Å². The predicted molar refractivity (Wildman–Crippen MR) is 71.9 cm³/mol. The summed E-state index contributed by atoms with van der Waals surface area (Å²) in [6.45, 7) is 4.93. The fourth-order valence-corrected chi connectivity index (χ4v) is 2.26. The van der Waals surface area contributed by atoms with Gasteiger partial charge in [0.1, 0.15) is 11.8 Å². The zero-order chi connectivity index (χ0) is 13.1. The molecule has 0 aliphatic carbocycles. The lowest BCUT2D eigenvalue weighted by Gasteiger charge is -2.21. The Morgan fingerprint density at radius 2 is 2.22 bits per heavy atom. The summed E-state index contributed by atoms with van der Waals surface area (Å²) < 4.78 is 5.17. The van der Waals surface area contributed by atoms with Gasteiger partial charge >= 0.3 is 0 Å². The van der Waals surface area contributed by atoms with Crippen molar-refractivity contribution in [3.63, 3.8) is 0 Å². The molecule has 1 aromatic rings. The van der Waals surface area contributed by atoms with Crippen molar-refractivity contribution in [2.24, 2.45) is 0 Å². The van der Waals surface area contributed by atoms with Crippen LogP contribution in [0.5, 0.6) is 5.75 Å². The van der Waals surface area contributed by atoms with Crippen molar-refractivity contribution in [1.82, 2.24) is 4.90 Å². The summed E-state index contributed by atoms with van der Waals surface area (Å²) in [4.78, 5) is 14.1. The van der Waals surface area contributed by atoms with Crippen LogP contribution in [0.1, 0.15) is 20.3 Å². The largest absolute Gasteiger partial charge is 0.497 e. The van der Waals surface area contributed by atoms with Crippen molar-refractivity contribution in [1.29, 1.82) is 0 Å². The molecule has 1 N–H and O–H groups in total. The fourth-order valence-electron chi connectivity index (χ4n) is 2.26. The highest BCUT2D eigenvalue weighted by atomic mass is 16.5. The van der Waals surface area contributed by atoms with Crippen LogP contribution in [0.3, 0.4) is 0 Å². The number of benzene rings is 1. The molecular formula is C14H20N2O2. The number of hydrogen-bond acceptors (Lipinski definition) is 3. The third-order valence-corrected chi connectivity index (χ3v) is 3.27. The smallest absolute Gasteiger partial charge is 0.245 e. The molecule has 1 aliphatic heterocycles. The maximum atomic E-state index is 12.1. The summed E-state index contributed by atoms with van der Waals surface area (Å²) in [5, 5.41) is 3.28. The third kappa shape index (κ3) is 2.58. The van der Waals surface area contributed by atoms with E-state index in [1.54, 1.807) is 7.11 Å². The highest BCUT2D eigenvalue weighted by Crippen LogP contribution is 2.22. The maximum Gasteiger partial charge on any atom is 0.245 e. The minimum Gasteiger partial charge on any atom is -0.497 e. The van der Waals surface area contributed by atoms with Crippen LogP contribution in [0.2, 0.25) is 0 Å². The summed E-state index contributed by atoms with van der Waals surface area (Å²) in [5.74, 6) is 0.985. The summed E-state index contributed by atoms with van der Waals surface area (Å²) in [6.07, 6.45) is 0.855. The minimum absolute atomic E-state index is 0.112. The van der Waals surface area contributed by atoms with Crippen molar-refractivity contribution < 1.29 is 9.53 Å². The van der Waals surface area contributed by atoms with Crippen molar-refractivity contribution in [3.05, 3.63) is 24.3 Å². The molecule has 1 amide bonds. The lowest BCUT2D eigenvalue weighted by Crippen LogP contribution is -2.37. The number of rotatable bonds is 4. The average molecular weight is 248 g/mol. The van der Waals surface area contributed by atoms with E-state index in [-0.39, 0.29) is 18.0 Å². The van der Waals surface area contributed by atoms with Gasteiger partial charge in [-0.15, -0.1) is 0 Å². The summed E-state index contributed by atoms with van der Waals surface area (Å²) >= 11 is 0. The first-order valence-electron chi connectivity index (χ1n) is 6.33. The van der Waals surface area contributed by atoms with E-state index < -0.39 is 0 Å². The molecule has 0 spiro atoms. The van der Waals surface area contributed by atoms with Gasteiger partial charge in [-0.2, -0.15) is 0 Å². The Labute approximate surface area is 108 Å². The molecule has 2 rings (SSSR count). The van der Waals surface area contributed by atoms with E-state index in [9.17, 15) is 4.79 Å². The third-order valence-electron chi connectivity index (χ3n) is 3.27. The van der Waals surface area contributed by atoms with E-state index in [2.05, 4.69) is 5.32 Å². The monoisotopic (exact) mass is 248 g/mol. The number of amides is 1. The standard InChI is InChI=1S/C14H20N2O2/c1-10(2)16-8-7-13(14(16)17)15-11-5-4-6-12(9-11)18-3/h4-6,9-10,13,15H,7-8H2,1-3H3. The van der Waals surface area contributed by atoms with Gasteiger partial charge in [0.05, 0.1) is 7.11 Å². The van der Waals surface area contributed by atoms with Gasteiger partial charge in [-0.3, -0.25) is 4.79 Å². The van der Waals surface area contributed by atoms with Gasteiger partial charge in [0.2, 0.25) is 5.91 Å². The van der Waals surface area contributed by atoms with E-state index in [0.717, 1.165) is 24.4 Å². The molecule has 1 atom stereocenters. The Bertz CT molecular complexity index is 432. The molecule has 1 aliphatic rings. The number of carbonyl (C=O) groups excluding carboxylic acids is 1.